The Balaban J connectivity index is 2.03. The smallest absolute Gasteiger partial charge is 0.142 e. The molecule has 0 radical (unpaired) electrons. The van der Waals surface area contributed by atoms with Gasteiger partial charge in [0, 0.05) is 10.8 Å². The number of nitrogens with zero attached hydrogens (tertiary/aromatic N) is 1. The van der Waals surface area contributed by atoms with Crippen molar-refractivity contribution in [3.63, 3.8) is 0 Å². The molecule has 0 atom stereocenters. The topological polar surface area (TPSA) is 48.1 Å². The lowest BCUT2D eigenvalue weighted by molar-refractivity contribution is 0.306. The Labute approximate surface area is 112 Å². The van der Waals surface area contributed by atoms with Crippen LogP contribution in [-0.4, -0.2) is 4.98 Å². The lowest BCUT2D eigenvalue weighted by Gasteiger charge is -2.14. The van der Waals surface area contributed by atoms with E-state index in [2.05, 4.69) is 31.1 Å². The molecule has 0 amide bonds. The molecule has 0 aliphatic heterocycles. The summed E-state index contributed by atoms with van der Waals surface area (Å²) >= 11 is 1.62. The number of aromatic nitrogens is 1. The zero-order chi connectivity index (χ0) is 13.2. The van der Waals surface area contributed by atoms with Crippen molar-refractivity contribution < 1.29 is 4.74 Å². The minimum absolute atomic E-state index is 0.0839. The third kappa shape index (κ3) is 3.01. The van der Waals surface area contributed by atoms with Crippen LogP contribution < -0.4 is 10.5 Å². The van der Waals surface area contributed by atoms with Crippen molar-refractivity contribution in [1.82, 2.24) is 4.98 Å². The van der Waals surface area contributed by atoms with E-state index in [-0.39, 0.29) is 5.41 Å². The van der Waals surface area contributed by atoms with Crippen LogP contribution in [0.15, 0.2) is 29.6 Å². The van der Waals surface area contributed by atoms with Gasteiger partial charge in [-0.3, -0.25) is 0 Å². The second-order valence-electron chi connectivity index (χ2n) is 5.20. The molecule has 3 nitrogen and oxygen atoms in total. The Morgan fingerprint density at radius 2 is 2.00 bits per heavy atom. The largest absolute Gasteiger partial charge is 0.484 e. The summed E-state index contributed by atoms with van der Waals surface area (Å²) in [6, 6.07) is 7.50. The van der Waals surface area contributed by atoms with Crippen LogP contribution in [0.2, 0.25) is 0 Å². The van der Waals surface area contributed by atoms with Gasteiger partial charge < -0.3 is 10.5 Å². The Bertz CT molecular complexity index is 529. The van der Waals surface area contributed by atoms with Crippen molar-refractivity contribution in [2.45, 2.75) is 32.8 Å². The SMILES string of the molecule is CC(C)(C)c1csc(COc2ccccc2N)n1. The highest BCUT2D eigenvalue weighted by atomic mass is 32.1. The van der Waals surface area contributed by atoms with Crippen LogP contribution in [0.3, 0.4) is 0 Å². The van der Waals surface area contributed by atoms with E-state index in [9.17, 15) is 0 Å². The monoisotopic (exact) mass is 262 g/mol. The van der Waals surface area contributed by atoms with Gasteiger partial charge in [0.2, 0.25) is 0 Å². The molecule has 0 spiro atoms. The molecule has 0 saturated heterocycles. The van der Waals surface area contributed by atoms with Crippen molar-refractivity contribution in [1.29, 1.82) is 0 Å². The number of hydrogen-bond acceptors (Lipinski definition) is 4. The third-order valence-electron chi connectivity index (χ3n) is 2.59. The van der Waals surface area contributed by atoms with E-state index in [0.29, 0.717) is 18.0 Å². The number of ether oxygens (including phenoxy) is 1. The van der Waals surface area contributed by atoms with E-state index in [4.69, 9.17) is 10.5 Å². The van der Waals surface area contributed by atoms with Gasteiger partial charge in [0.25, 0.3) is 0 Å². The Kier molecular flexibility index (Phi) is 3.57. The standard InChI is InChI=1S/C14H18N2OS/c1-14(2,3)12-9-18-13(16-12)8-17-11-7-5-4-6-10(11)15/h4-7,9H,8,15H2,1-3H3. The summed E-state index contributed by atoms with van der Waals surface area (Å²) in [4.78, 5) is 4.58. The first-order chi connectivity index (χ1) is 8.47. The second kappa shape index (κ2) is 4.98. The molecule has 1 aromatic heterocycles. The number of nitrogens with two attached hydrogens (primary N) is 1. The maximum absolute atomic E-state index is 5.82. The van der Waals surface area contributed by atoms with Gasteiger partial charge in [0.05, 0.1) is 11.4 Å². The molecule has 18 heavy (non-hydrogen) atoms. The molecule has 0 aliphatic carbocycles. The molecule has 0 bridgehead atoms. The van der Waals surface area contributed by atoms with Crippen LogP contribution in [0.4, 0.5) is 5.69 Å². The van der Waals surface area contributed by atoms with Crippen LogP contribution in [-0.2, 0) is 12.0 Å². The van der Waals surface area contributed by atoms with Gasteiger partial charge in [-0.2, -0.15) is 0 Å². The van der Waals surface area contributed by atoms with Crippen LogP contribution in [0.1, 0.15) is 31.5 Å². The van der Waals surface area contributed by atoms with Gasteiger partial charge >= 0.3 is 0 Å². The molecular formula is C14H18N2OS. The number of nitrogen functional groups attached to an aromatic ring is 1. The number of anilines is 1. The highest BCUT2D eigenvalue weighted by Crippen LogP contribution is 2.25. The van der Waals surface area contributed by atoms with Crippen LogP contribution >= 0.6 is 11.3 Å². The van der Waals surface area contributed by atoms with E-state index >= 15 is 0 Å². The van der Waals surface area contributed by atoms with Crippen molar-refractivity contribution in [2.24, 2.45) is 0 Å². The first-order valence-electron chi connectivity index (χ1n) is 5.89. The molecule has 0 fully saturated rings. The summed E-state index contributed by atoms with van der Waals surface area (Å²) in [5, 5.41) is 3.07. The number of thiazole rings is 1. The highest BCUT2D eigenvalue weighted by Gasteiger charge is 2.17. The fourth-order valence-corrected chi connectivity index (χ4v) is 2.41. The summed E-state index contributed by atoms with van der Waals surface area (Å²) in [7, 11) is 0. The molecule has 2 rings (SSSR count). The molecule has 2 N–H and O–H groups in total. The summed E-state index contributed by atoms with van der Waals surface area (Å²) in [5.41, 5.74) is 7.66. The highest BCUT2D eigenvalue weighted by molar-refractivity contribution is 7.09. The summed E-state index contributed by atoms with van der Waals surface area (Å²) in [5.74, 6) is 0.713. The molecule has 1 aromatic carbocycles. The number of hydrogen-bond donors (Lipinski definition) is 1. The predicted octanol–water partition coefficient (Wildman–Crippen LogP) is 3.60. The third-order valence-corrected chi connectivity index (χ3v) is 3.41. The summed E-state index contributed by atoms with van der Waals surface area (Å²) in [6.45, 7) is 6.93. The fraction of sp³-hybridized carbons (Fsp3) is 0.357. The second-order valence-corrected chi connectivity index (χ2v) is 6.15. The first kappa shape index (κ1) is 12.9. The van der Waals surface area contributed by atoms with Gasteiger partial charge in [-0.05, 0) is 12.1 Å². The molecular weight excluding hydrogens is 244 g/mol. The van der Waals surface area contributed by atoms with E-state index < -0.39 is 0 Å². The zero-order valence-electron chi connectivity index (χ0n) is 10.9. The van der Waals surface area contributed by atoms with Gasteiger partial charge in [0.15, 0.2) is 0 Å². The zero-order valence-corrected chi connectivity index (χ0v) is 11.8. The van der Waals surface area contributed by atoms with Gasteiger partial charge in [-0.1, -0.05) is 32.9 Å². The minimum Gasteiger partial charge on any atom is -0.484 e. The summed E-state index contributed by atoms with van der Waals surface area (Å²) in [6.07, 6.45) is 0. The Hall–Kier alpha value is -1.55. The van der Waals surface area contributed by atoms with Crippen LogP contribution in [0, 0.1) is 0 Å². The molecule has 96 valence electrons. The number of benzene rings is 1. The van der Waals surface area contributed by atoms with Crippen molar-refractivity contribution >= 4 is 17.0 Å². The maximum atomic E-state index is 5.82. The molecule has 0 aliphatic rings. The lowest BCUT2D eigenvalue weighted by atomic mass is 9.93. The molecule has 2 aromatic rings. The average Bonchev–Trinajstić information content (AvgIpc) is 2.76. The quantitative estimate of drug-likeness (QED) is 0.860. The average molecular weight is 262 g/mol. The minimum atomic E-state index is 0.0839. The summed E-state index contributed by atoms with van der Waals surface area (Å²) < 4.78 is 5.67. The molecule has 4 heteroatoms. The maximum Gasteiger partial charge on any atom is 0.142 e. The van der Waals surface area contributed by atoms with Gasteiger partial charge in [0.1, 0.15) is 17.4 Å². The molecule has 1 heterocycles. The Morgan fingerprint density at radius 3 is 2.61 bits per heavy atom. The van der Waals surface area contributed by atoms with Crippen molar-refractivity contribution in [2.75, 3.05) is 5.73 Å². The van der Waals surface area contributed by atoms with Crippen molar-refractivity contribution in [3.8, 4) is 5.75 Å². The fourth-order valence-electron chi connectivity index (χ4n) is 1.47. The van der Waals surface area contributed by atoms with Crippen LogP contribution in [0.5, 0.6) is 5.75 Å². The van der Waals surface area contributed by atoms with Gasteiger partial charge in [-0.15, -0.1) is 11.3 Å². The molecule has 0 saturated carbocycles. The number of rotatable bonds is 3. The Morgan fingerprint density at radius 1 is 1.28 bits per heavy atom. The van der Waals surface area contributed by atoms with E-state index in [1.807, 2.05) is 24.3 Å². The molecule has 0 unspecified atom stereocenters. The normalized spacial score (nSPS) is 11.5. The van der Waals surface area contributed by atoms with E-state index in [0.717, 1.165) is 10.7 Å². The number of para-hydroxylation sites is 2. The predicted molar refractivity (Wildman–Crippen MR) is 76.0 cm³/mol. The van der Waals surface area contributed by atoms with Crippen LogP contribution in [0.25, 0.3) is 0 Å². The first-order valence-corrected chi connectivity index (χ1v) is 6.77. The van der Waals surface area contributed by atoms with Gasteiger partial charge in [-0.25, -0.2) is 4.98 Å². The van der Waals surface area contributed by atoms with E-state index in [1.54, 1.807) is 11.3 Å². The van der Waals surface area contributed by atoms with E-state index in [1.165, 1.54) is 0 Å². The lowest BCUT2D eigenvalue weighted by Crippen LogP contribution is -2.11. The van der Waals surface area contributed by atoms with Crippen molar-refractivity contribution in [3.05, 3.63) is 40.3 Å².